The first kappa shape index (κ1) is 33.5. The molecule has 1 saturated carbocycles. The zero-order valence-electron chi connectivity index (χ0n) is 34.5. The standard InChI is InChI=1S/C56H39BN2O3/c1-55-23-11-12-24-56(55,2)59(45-17-7-6-16-42(45)55)33-25-41-38-30-52-39(35-14-4-9-19-49(35)61-52)28-43(38)57-44-29-40-36-15-5-10-20-50(36)62-53(40)31-46(44)58(47(26-33)54(41)57)32-21-22-37-34-13-3-8-18-48(34)60-51(37)27-32/h3-10,13-22,25-31H,11-12,23-24H2,1-2H3. The lowest BCUT2D eigenvalue weighted by atomic mass is 9.37. The highest BCUT2D eigenvalue weighted by Crippen LogP contribution is 2.61. The first-order valence-electron chi connectivity index (χ1n) is 22.2. The van der Waals surface area contributed by atoms with E-state index in [1.54, 1.807) is 0 Å². The van der Waals surface area contributed by atoms with Crippen LogP contribution in [0.4, 0.5) is 28.4 Å². The Balaban J connectivity index is 1.07. The van der Waals surface area contributed by atoms with Crippen molar-refractivity contribution in [2.75, 3.05) is 9.80 Å². The Kier molecular flexibility index (Phi) is 6.16. The van der Waals surface area contributed by atoms with E-state index in [2.05, 4.69) is 169 Å². The number of hydrogen-bond donors (Lipinski definition) is 0. The Morgan fingerprint density at radius 3 is 1.79 bits per heavy atom. The van der Waals surface area contributed by atoms with E-state index in [9.17, 15) is 0 Å². The second kappa shape index (κ2) is 11.4. The molecule has 15 rings (SSSR count). The molecule has 294 valence electrons. The quantitative estimate of drug-likeness (QED) is 0.163. The highest BCUT2D eigenvalue weighted by Gasteiger charge is 2.58. The second-order valence-corrected chi connectivity index (χ2v) is 18.7. The lowest BCUT2D eigenvalue weighted by Gasteiger charge is -2.50. The normalized spacial score (nSPS) is 19.9. The van der Waals surface area contributed by atoms with Gasteiger partial charge in [-0.15, -0.1) is 0 Å². The van der Waals surface area contributed by atoms with Crippen molar-refractivity contribution in [1.82, 2.24) is 0 Å². The number of hydrogen-bond acceptors (Lipinski definition) is 5. The Bertz CT molecular complexity index is 3800. The van der Waals surface area contributed by atoms with Crippen LogP contribution in [-0.2, 0) is 5.41 Å². The first-order valence-corrected chi connectivity index (χ1v) is 22.2. The fraction of sp³-hybridized carbons (Fsp3) is 0.143. The molecule has 0 spiro atoms. The summed E-state index contributed by atoms with van der Waals surface area (Å²) in [7, 11) is 0. The van der Waals surface area contributed by atoms with Gasteiger partial charge in [0.05, 0.1) is 5.54 Å². The van der Waals surface area contributed by atoms with Gasteiger partial charge in [-0.05, 0) is 102 Å². The molecule has 0 saturated heterocycles. The Morgan fingerprint density at radius 2 is 1.05 bits per heavy atom. The largest absolute Gasteiger partial charge is 0.456 e. The molecule has 0 N–H and O–H groups in total. The third-order valence-corrected chi connectivity index (χ3v) is 15.8. The van der Waals surface area contributed by atoms with E-state index in [0.29, 0.717) is 0 Å². The van der Waals surface area contributed by atoms with E-state index in [4.69, 9.17) is 13.3 Å². The lowest BCUT2D eigenvalue weighted by Crippen LogP contribution is -2.55. The van der Waals surface area contributed by atoms with Gasteiger partial charge in [0, 0.05) is 78.3 Å². The highest BCUT2D eigenvalue weighted by molar-refractivity contribution is 7.01. The van der Waals surface area contributed by atoms with Gasteiger partial charge in [0.1, 0.15) is 33.5 Å². The number of anilines is 5. The third kappa shape index (κ3) is 4.02. The summed E-state index contributed by atoms with van der Waals surface area (Å²) < 4.78 is 20.0. The molecule has 5 nitrogen and oxygen atoms in total. The number of nitrogens with zero attached hydrogens (tertiary/aromatic N) is 2. The number of benzene rings is 8. The number of para-hydroxylation sites is 4. The van der Waals surface area contributed by atoms with E-state index in [1.165, 1.54) is 69.4 Å². The van der Waals surface area contributed by atoms with Gasteiger partial charge >= 0.3 is 0 Å². The molecular weight excluding hydrogens is 759 g/mol. The summed E-state index contributed by atoms with van der Waals surface area (Å²) in [5.41, 5.74) is 19.1. The number of furan rings is 3. The van der Waals surface area contributed by atoms with E-state index >= 15 is 0 Å². The molecule has 1 fully saturated rings. The van der Waals surface area contributed by atoms with Crippen LogP contribution >= 0.6 is 0 Å². The van der Waals surface area contributed by atoms with Crippen LogP contribution in [0, 0.1) is 0 Å². The summed E-state index contributed by atoms with van der Waals surface area (Å²) in [5.74, 6) is 0. The molecule has 0 radical (unpaired) electrons. The minimum Gasteiger partial charge on any atom is -0.456 e. The van der Waals surface area contributed by atoms with Gasteiger partial charge in [0.25, 0.3) is 0 Å². The molecule has 2 atom stereocenters. The summed E-state index contributed by atoms with van der Waals surface area (Å²) >= 11 is 0. The molecule has 4 aliphatic rings. The van der Waals surface area contributed by atoms with Crippen molar-refractivity contribution in [2.45, 2.75) is 50.5 Å². The topological polar surface area (TPSA) is 45.9 Å². The van der Waals surface area contributed by atoms with Crippen LogP contribution in [0.2, 0.25) is 0 Å². The minimum atomic E-state index is -0.107. The van der Waals surface area contributed by atoms with E-state index in [-0.39, 0.29) is 17.7 Å². The van der Waals surface area contributed by atoms with Crippen molar-refractivity contribution in [1.29, 1.82) is 0 Å². The average Bonchev–Trinajstić information content (AvgIpc) is 4.08. The summed E-state index contributed by atoms with van der Waals surface area (Å²) in [5, 5.41) is 6.81. The molecule has 3 aromatic heterocycles. The number of fused-ring (bicyclic) bond motifs is 17. The fourth-order valence-corrected chi connectivity index (χ4v) is 12.8. The monoisotopic (exact) mass is 798 g/mol. The maximum atomic E-state index is 6.71. The van der Waals surface area contributed by atoms with Gasteiger partial charge in [-0.1, -0.05) is 110 Å². The van der Waals surface area contributed by atoms with Crippen LogP contribution in [-0.4, -0.2) is 12.3 Å². The van der Waals surface area contributed by atoms with Gasteiger partial charge < -0.3 is 23.1 Å². The zero-order valence-corrected chi connectivity index (χ0v) is 34.5. The molecule has 1 aliphatic carbocycles. The van der Waals surface area contributed by atoms with Gasteiger partial charge in [0.2, 0.25) is 6.71 Å². The Hall–Kier alpha value is -7.18. The van der Waals surface area contributed by atoms with Crippen LogP contribution in [0.25, 0.3) is 76.9 Å². The van der Waals surface area contributed by atoms with E-state index < -0.39 is 0 Å². The predicted octanol–water partition coefficient (Wildman–Crippen LogP) is 13.4. The van der Waals surface area contributed by atoms with Crippen LogP contribution < -0.4 is 26.2 Å². The molecule has 6 heteroatoms. The molecule has 3 aliphatic heterocycles. The van der Waals surface area contributed by atoms with Crippen LogP contribution in [0.5, 0.6) is 0 Å². The summed E-state index contributed by atoms with van der Waals surface area (Å²) in [6, 6.07) is 55.8. The van der Waals surface area contributed by atoms with Crippen molar-refractivity contribution in [3.8, 4) is 11.1 Å². The van der Waals surface area contributed by atoms with Crippen molar-refractivity contribution < 1.29 is 13.3 Å². The van der Waals surface area contributed by atoms with Crippen LogP contribution in [0.3, 0.4) is 0 Å². The summed E-state index contributed by atoms with van der Waals surface area (Å²) in [6.45, 7) is 5.04. The Labute approximate surface area is 357 Å². The minimum absolute atomic E-state index is 0.0113. The van der Waals surface area contributed by atoms with Crippen LogP contribution in [0.15, 0.2) is 165 Å². The second-order valence-electron chi connectivity index (χ2n) is 18.7. The summed E-state index contributed by atoms with van der Waals surface area (Å²) in [4.78, 5) is 5.23. The van der Waals surface area contributed by atoms with Gasteiger partial charge in [-0.2, -0.15) is 0 Å². The fourth-order valence-electron chi connectivity index (χ4n) is 12.8. The van der Waals surface area contributed by atoms with Crippen molar-refractivity contribution in [2.24, 2.45) is 0 Å². The van der Waals surface area contributed by atoms with Gasteiger partial charge in [0.15, 0.2) is 0 Å². The predicted molar refractivity (Wildman–Crippen MR) is 256 cm³/mol. The van der Waals surface area contributed by atoms with Crippen molar-refractivity contribution in [3.05, 3.63) is 157 Å². The third-order valence-electron chi connectivity index (χ3n) is 15.8. The van der Waals surface area contributed by atoms with Crippen molar-refractivity contribution in [3.63, 3.8) is 0 Å². The molecule has 2 unspecified atom stereocenters. The maximum absolute atomic E-state index is 6.71. The van der Waals surface area contributed by atoms with Crippen molar-refractivity contribution >= 4 is 117 Å². The SMILES string of the molecule is CC12CCCCC1(C)N(c1cc3c4c(c1)N(c1ccc5c(c1)oc1ccccc15)c1cc5oc6ccccc6c5cc1B4c1cc4c(cc1-3)oc1ccccc14)c1ccccc12. The molecular formula is C56H39BN2O3. The van der Waals surface area contributed by atoms with Gasteiger partial charge in [-0.25, -0.2) is 0 Å². The first-order chi connectivity index (χ1) is 30.4. The molecule has 0 amide bonds. The lowest BCUT2D eigenvalue weighted by molar-refractivity contribution is 0.195. The maximum Gasteiger partial charge on any atom is 0.248 e. The van der Waals surface area contributed by atoms with Gasteiger partial charge in [-0.3, -0.25) is 0 Å². The zero-order chi connectivity index (χ0) is 40.6. The smallest absolute Gasteiger partial charge is 0.248 e. The average molecular weight is 799 g/mol. The molecule has 6 heterocycles. The molecule has 62 heavy (non-hydrogen) atoms. The molecule has 11 aromatic rings. The van der Waals surface area contributed by atoms with E-state index in [0.717, 1.165) is 83.6 Å². The van der Waals surface area contributed by atoms with E-state index in [1.807, 2.05) is 6.07 Å². The molecule has 0 bridgehead atoms. The Morgan fingerprint density at radius 1 is 0.452 bits per heavy atom. The molecule has 8 aromatic carbocycles. The highest BCUT2D eigenvalue weighted by atomic mass is 16.3. The number of rotatable bonds is 2. The van der Waals surface area contributed by atoms with Crippen LogP contribution in [0.1, 0.15) is 45.1 Å². The summed E-state index contributed by atoms with van der Waals surface area (Å²) in [6.07, 6.45) is 4.77.